The molecule has 57 heavy (non-hydrogen) atoms. The van der Waals surface area contributed by atoms with Crippen LogP contribution in [0.15, 0.2) is 103 Å². The lowest BCUT2D eigenvalue weighted by molar-refractivity contribution is -0.179. The number of hydrogen-bond donors (Lipinski definition) is 5. The fourth-order valence-electron chi connectivity index (χ4n) is 9.82. The van der Waals surface area contributed by atoms with Crippen LogP contribution < -0.4 is 16.0 Å². The molecule has 5 N–H and O–H groups in total. The standard InChI is InChI=1S/C45H46N6O6/c52-27-8-7-10-29-15-20-35-34(28-29)45(43(56)48-35)36(41(54)49-23-25-50(26-24-49)44-46-21-9-22-47-44)38-42(55)57-39(31-13-5-2-6-14-31)37(30-11-3-1-4-12-30)51(38)40(45)32-16-18-33(53)19-17-32/h1-6,11-20,28,36-40,44,46-47,52-53H,8-9,21-27H2,(H,48,56)/t36-,37-,38-,39+,40+,45-/m1/s1. The van der Waals surface area contributed by atoms with Crippen LogP contribution in [0.4, 0.5) is 5.69 Å². The van der Waals surface area contributed by atoms with Gasteiger partial charge >= 0.3 is 5.97 Å². The number of aliphatic hydroxyl groups is 1. The number of nitrogens with zero attached hydrogens (tertiary/aromatic N) is 3. The summed E-state index contributed by atoms with van der Waals surface area (Å²) in [7, 11) is 0. The van der Waals surface area contributed by atoms with Crippen LogP contribution in [0.3, 0.4) is 0 Å². The second kappa shape index (κ2) is 15.4. The van der Waals surface area contributed by atoms with Crippen LogP contribution >= 0.6 is 0 Å². The van der Waals surface area contributed by atoms with Crippen molar-refractivity contribution in [3.63, 3.8) is 0 Å². The maximum absolute atomic E-state index is 15.7. The molecule has 292 valence electrons. The highest BCUT2D eigenvalue weighted by molar-refractivity contribution is 6.12. The summed E-state index contributed by atoms with van der Waals surface area (Å²) in [5.41, 5.74) is 2.39. The first kappa shape index (κ1) is 37.1. The Hall–Kier alpha value is -5.55. The predicted molar refractivity (Wildman–Crippen MR) is 212 cm³/mol. The molecule has 0 aromatic heterocycles. The van der Waals surface area contributed by atoms with Crippen LogP contribution in [0.2, 0.25) is 0 Å². The Morgan fingerprint density at radius 2 is 1.51 bits per heavy atom. The van der Waals surface area contributed by atoms with Gasteiger partial charge in [0, 0.05) is 43.9 Å². The zero-order valence-electron chi connectivity index (χ0n) is 31.5. The molecule has 0 bridgehead atoms. The first-order valence-corrected chi connectivity index (χ1v) is 19.8. The van der Waals surface area contributed by atoms with Gasteiger partial charge in [0.1, 0.15) is 29.6 Å². The fourth-order valence-corrected chi connectivity index (χ4v) is 9.82. The highest BCUT2D eigenvalue weighted by Crippen LogP contribution is 2.65. The van der Waals surface area contributed by atoms with Crippen LogP contribution in [0.25, 0.3) is 0 Å². The Labute approximate surface area is 331 Å². The number of cyclic esters (lactones) is 1. The predicted octanol–water partition coefficient (Wildman–Crippen LogP) is 3.41. The average Bonchev–Trinajstić information content (AvgIpc) is 3.73. The monoisotopic (exact) mass is 766 g/mol. The first-order chi connectivity index (χ1) is 27.9. The molecule has 9 rings (SSSR count). The van der Waals surface area contributed by atoms with Gasteiger partial charge in [0.15, 0.2) is 0 Å². The fraction of sp³-hybridized carbons (Fsp3) is 0.356. The number of carbonyl (C=O) groups excluding carboxylic acids is 3. The second-order valence-corrected chi connectivity index (χ2v) is 15.4. The summed E-state index contributed by atoms with van der Waals surface area (Å²) >= 11 is 0. The topological polar surface area (TPSA) is 147 Å². The van der Waals surface area contributed by atoms with E-state index in [9.17, 15) is 10.2 Å². The van der Waals surface area contributed by atoms with E-state index in [1.165, 1.54) is 0 Å². The summed E-state index contributed by atoms with van der Waals surface area (Å²) < 4.78 is 6.54. The van der Waals surface area contributed by atoms with Crippen molar-refractivity contribution in [3.8, 4) is 17.6 Å². The number of phenolic OH excluding ortho intramolecular Hbond substituents is 1. The molecule has 1 spiro atoms. The number of carbonyl (C=O) groups is 3. The molecule has 6 atom stereocenters. The smallest absolute Gasteiger partial charge is 0.324 e. The third kappa shape index (κ3) is 6.36. The van der Waals surface area contributed by atoms with Crippen molar-refractivity contribution in [2.24, 2.45) is 5.92 Å². The maximum Gasteiger partial charge on any atom is 0.324 e. The van der Waals surface area contributed by atoms with E-state index in [0.29, 0.717) is 48.6 Å². The summed E-state index contributed by atoms with van der Waals surface area (Å²) in [5, 5.41) is 30.2. The van der Waals surface area contributed by atoms with Crippen molar-refractivity contribution in [1.29, 1.82) is 0 Å². The minimum Gasteiger partial charge on any atom is -0.508 e. The SMILES string of the molecule is O=C1O[C@@H](c2ccccc2)[C@@H](c2ccccc2)N2[C@@H](c3ccc(O)cc3)[C@]3(C(=O)Nc4ccc(C#CCCO)cc43)[C@@H](C(=O)N3CCN(C4NCCCN4)CC3)[C@H]12. The van der Waals surface area contributed by atoms with E-state index in [0.717, 1.165) is 30.6 Å². The van der Waals surface area contributed by atoms with Crippen LogP contribution in [-0.2, 0) is 24.5 Å². The molecule has 4 aromatic rings. The molecule has 0 saturated carbocycles. The van der Waals surface area contributed by atoms with Gasteiger partial charge in [-0.2, -0.15) is 0 Å². The van der Waals surface area contributed by atoms with Crippen molar-refractivity contribution in [1.82, 2.24) is 25.3 Å². The summed E-state index contributed by atoms with van der Waals surface area (Å²) in [5.74, 6) is 3.71. The first-order valence-electron chi connectivity index (χ1n) is 19.8. The molecule has 2 amide bonds. The van der Waals surface area contributed by atoms with E-state index < -0.39 is 47.4 Å². The number of aromatic hydroxyl groups is 1. The van der Waals surface area contributed by atoms with E-state index in [1.807, 2.05) is 77.7 Å². The Bertz CT molecular complexity index is 2200. The zero-order valence-corrected chi connectivity index (χ0v) is 31.5. The molecule has 5 aliphatic rings. The number of piperazine rings is 1. The third-order valence-corrected chi connectivity index (χ3v) is 12.3. The number of fused-ring (bicyclic) bond motifs is 3. The number of anilines is 1. The van der Waals surface area contributed by atoms with Crippen LogP contribution in [0.1, 0.15) is 58.8 Å². The number of aliphatic hydroxyl groups excluding tert-OH is 1. The molecule has 5 aliphatic heterocycles. The molecule has 4 fully saturated rings. The van der Waals surface area contributed by atoms with Gasteiger partial charge in [0.05, 0.1) is 24.6 Å². The molecule has 4 saturated heterocycles. The van der Waals surface area contributed by atoms with Crippen molar-refractivity contribution in [3.05, 3.63) is 131 Å². The molecular formula is C45H46N6O6. The number of esters is 1. The van der Waals surface area contributed by atoms with Gasteiger partial charge < -0.3 is 25.2 Å². The normalized spacial score (nSPS) is 27.6. The number of morpholine rings is 1. The Kier molecular flexibility index (Phi) is 10.0. The Balaban J connectivity index is 1.26. The van der Waals surface area contributed by atoms with Gasteiger partial charge in [-0.25, -0.2) is 0 Å². The molecule has 5 heterocycles. The largest absolute Gasteiger partial charge is 0.508 e. The van der Waals surface area contributed by atoms with Crippen LogP contribution in [0, 0.1) is 17.8 Å². The van der Waals surface area contributed by atoms with E-state index >= 15 is 14.4 Å². The number of amides is 2. The zero-order chi connectivity index (χ0) is 39.1. The van der Waals surface area contributed by atoms with E-state index in [4.69, 9.17) is 4.74 Å². The average molecular weight is 767 g/mol. The number of ether oxygens (including phenoxy) is 1. The lowest BCUT2D eigenvalue weighted by atomic mass is 9.65. The van der Waals surface area contributed by atoms with Gasteiger partial charge in [-0.15, -0.1) is 0 Å². The minimum atomic E-state index is -1.63. The summed E-state index contributed by atoms with van der Waals surface area (Å²) in [4.78, 5) is 52.3. The van der Waals surface area contributed by atoms with Crippen molar-refractivity contribution in [2.75, 3.05) is 51.2 Å². The lowest BCUT2D eigenvalue weighted by Gasteiger charge is -2.46. The van der Waals surface area contributed by atoms with E-state index in [-0.39, 0.29) is 31.0 Å². The van der Waals surface area contributed by atoms with Gasteiger partial charge in [-0.3, -0.25) is 34.8 Å². The molecule has 12 nitrogen and oxygen atoms in total. The van der Waals surface area contributed by atoms with Gasteiger partial charge in [-0.1, -0.05) is 84.6 Å². The summed E-state index contributed by atoms with van der Waals surface area (Å²) in [6.07, 6.45) is 0.551. The molecule has 12 heteroatoms. The highest BCUT2D eigenvalue weighted by Gasteiger charge is 2.74. The van der Waals surface area contributed by atoms with Crippen molar-refractivity contribution >= 4 is 23.5 Å². The molecular weight excluding hydrogens is 721 g/mol. The number of phenols is 1. The highest BCUT2D eigenvalue weighted by atomic mass is 16.6. The third-order valence-electron chi connectivity index (χ3n) is 12.3. The van der Waals surface area contributed by atoms with E-state index in [1.54, 1.807) is 30.3 Å². The minimum absolute atomic E-state index is 0.0101. The second-order valence-electron chi connectivity index (χ2n) is 15.4. The Morgan fingerprint density at radius 1 is 0.825 bits per heavy atom. The van der Waals surface area contributed by atoms with Crippen LogP contribution in [-0.4, -0.2) is 101 Å². The quantitative estimate of drug-likeness (QED) is 0.146. The van der Waals surface area contributed by atoms with Crippen molar-refractivity contribution < 1.29 is 29.3 Å². The lowest BCUT2D eigenvalue weighted by Crippen LogP contribution is -2.64. The van der Waals surface area contributed by atoms with Crippen molar-refractivity contribution in [2.45, 2.75) is 48.8 Å². The van der Waals surface area contributed by atoms with Crippen LogP contribution in [0.5, 0.6) is 5.75 Å². The number of benzene rings is 4. The van der Waals surface area contributed by atoms with Gasteiger partial charge in [-0.05, 0) is 72.1 Å². The van der Waals surface area contributed by atoms with Gasteiger partial charge in [0.25, 0.3) is 0 Å². The summed E-state index contributed by atoms with van der Waals surface area (Å²) in [6, 6.07) is 29.0. The number of hydrogen-bond acceptors (Lipinski definition) is 10. The summed E-state index contributed by atoms with van der Waals surface area (Å²) in [6.45, 7) is 3.75. The van der Waals surface area contributed by atoms with Gasteiger partial charge in [0.2, 0.25) is 11.8 Å². The molecule has 0 aliphatic carbocycles. The molecule has 4 aromatic carbocycles. The molecule has 0 radical (unpaired) electrons. The molecule has 0 unspecified atom stereocenters. The number of nitrogens with one attached hydrogen (secondary N) is 3. The number of rotatable bonds is 6. The maximum atomic E-state index is 15.7. The Morgan fingerprint density at radius 3 is 2.19 bits per heavy atom. The van der Waals surface area contributed by atoms with E-state index in [2.05, 4.69) is 37.6 Å².